The van der Waals surface area contributed by atoms with E-state index in [-0.39, 0.29) is 0 Å². The van der Waals surface area contributed by atoms with Crippen LogP contribution in [0.25, 0.3) is 24.3 Å². The summed E-state index contributed by atoms with van der Waals surface area (Å²) < 4.78 is 0. The molecule has 0 saturated carbocycles. The van der Waals surface area contributed by atoms with Gasteiger partial charge >= 0.3 is 0 Å². The third kappa shape index (κ3) is 8.27. The second-order valence-corrected chi connectivity index (χ2v) is 12.4. The van der Waals surface area contributed by atoms with Crippen LogP contribution in [0.5, 0.6) is 5.75 Å². The van der Waals surface area contributed by atoms with E-state index in [0.29, 0.717) is 27.4 Å². The molecule has 2 aliphatic rings. The van der Waals surface area contributed by atoms with Gasteiger partial charge in [-0.2, -0.15) is 0 Å². The summed E-state index contributed by atoms with van der Waals surface area (Å²) in [5.41, 5.74) is 5.60. The van der Waals surface area contributed by atoms with Gasteiger partial charge in [0.05, 0.1) is 5.69 Å². The molecular weight excluding hydrogens is 589 g/mol. The molecule has 2 aliphatic heterocycles. The number of likely N-dealkylation sites (tertiary alicyclic amines) is 2. The highest BCUT2D eigenvalue weighted by molar-refractivity contribution is 6.30. The molecule has 0 atom stereocenters. The van der Waals surface area contributed by atoms with Gasteiger partial charge in [-0.1, -0.05) is 59.6 Å². The summed E-state index contributed by atoms with van der Waals surface area (Å²) in [6, 6.07) is 21.4. The Balaban J connectivity index is 1.32. The quantitative estimate of drug-likeness (QED) is 0.172. The van der Waals surface area contributed by atoms with Crippen LogP contribution in [0.1, 0.15) is 59.5 Å². The fourth-order valence-electron chi connectivity index (χ4n) is 5.79. The first-order chi connectivity index (χ1) is 21.5. The van der Waals surface area contributed by atoms with Gasteiger partial charge in [0, 0.05) is 46.0 Å². The molecule has 44 heavy (non-hydrogen) atoms. The molecule has 2 fully saturated rings. The van der Waals surface area contributed by atoms with Gasteiger partial charge in [0.25, 0.3) is 0 Å². The Morgan fingerprint density at radius 3 is 1.68 bits per heavy atom. The Bertz CT molecular complexity index is 1510. The zero-order chi connectivity index (χ0) is 30.3. The van der Waals surface area contributed by atoms with Crippen LogP contribution in [0.15, 0.2) is 66.7 Å². The number of aromatic hydroxyl groups is 1. The predicted octanol–water partition coefficient (Wildman–Crippen LogP) is 8.77. The van der Waals surface area contributed by atoms with E-state index in [9.17, 15) is 5.11 Å². The third-order valence-corrected chi connectivity index (χ3v) is 8.60. The number of benzene rings is 3. The summed E-state index contributed by atoms with van der Waals surface area (Å²) in [7, 11) is 0. The summed E-state index contributed by atoms with van der Waals surface area (Å²) in [6.07, 6.45) is 12.7. The number of halogens is 2. The molecule has 4 aromatic rings. The number of phenolic OH excluding ortho intramolecular Hbond substituents is 1. The Kier molecular flexibility index (Phi) is 9.93. The molecule has 6 nitrogen and oxygen atoms in total. The molecule has 0 amide bonds. The van der Waals surface area contributed by atoms with Gasteiger partial charge in [0.15, 0.2) is 5.82 Å². The molecule has 0 bridgehead atoms. The minimum absolute atomic E-state index is 0.412. The molecule has 8 heteroatoms. The highest BCUT2D eigenvalue weighted by Gasteiger charge is 2.20. The summed E-state index contributed by atoms with van der Waals surface area (Å²) in [6.45, 7) is 5.74. The minimum Gasteiger partial charge on any atom is -0.507 e. The summed E-state index contributed by atoms with van der Waals surface area (Å²) in [5.74, 6) is 1.67. The first-order valence-electron chi connectivity index (χ1n) is 15.3. The summed E-state index contributed by atoms with van der Waals surface area (Å²) >= 11 is 12.2. The highest BCUT2D eigenvalue weighted by atomic mass is 35.5. The Morgan fingerprint density at radius 1 is 0.659 bits per heavy atom. The van der Waals surface area contributed by atoms with Crippen LogP contribution in [0, 0.1) is 0 Å². The van der Waals surface area contributed by atoms with Crippen molar-refractivity contribution in [1.82, 2.24) is 19.8 Å². The number of rotatable bonds is 10. The number of aromatic nitrogens is 2. The van der Waals surface area contributed by atoms with Gasteiger partial charge < -0.3 is 10.4 Å². The van der Waals surface area contributed by atoms with Gasteiger partial charge in [0.1, 0.15) is 11.6 Å². The van der Waals surface area contributed by atoms with Crippen molar-refractivity contribution in [2.75, 3.05) is 31.5 Å². The van der Waals surface area contributed by atoms with Crippen molar-refractivity contribution in [2.24, 2.45) is 0 Å². The van der Waals surface area contributed by atoms with Crippen molar-refractivity contribution in [3.63, 3.8) is 0 Å². The van der Waals surface area contributed by atoms with Crippen molar-refractivity contribution >= 4 is 59.0 Å². The first kappa shape index (κ1) is 30.4. The van der Waals surface area contributed by atoms with Crippen LogP contribution in [0.2, 0.25) is 10.0 Å². The maximum atomic E-state index is 11.3. The van der Waals surface area contributed by atoms with Crippen LogP contribution < -0.4 is 5.32 Å². The molecule has 0 radical (unpaired) electrons. The van der Waals surface area contributed by atoms with Crippen LogP contribution in [-0.4, -0.2) is 51.1 Å². The second-order valence-electron chi connectivity index (χ2n) is 11.5. The predicted molar refractivity (Wildman–Crippen MR) is 183 cm³/mol. The average Bonchev–Trinajstić information content (AvgIpc) is 3.74. The molecule has 226 valence electrons. The number of nitrogens with zero attached hydrogens (tertiary/aromatic N) is 4. The lowest BCUT2D eigenvalue weighted by Gasteiger charge is -2.21. The van der Waals surface area contributed by atoms with E-state index in [0.717, 1.165) is 72.9 Å². The molecule has 0 aliphatic carbocycles. The molecule has 0 unspecified atom stereocenters. The monoisotopic (exact) mass is 625 g/mol. The van der Waals surface area contributed by atoms with Crippen molar-refractivity contribution in [2.45, 2.75) is 38.8 Å². The zero-order valence-corrected chi connectivity index (χ0v) is 26.2. The van der Waals surface area contributed by atoms with Crippen LogP contribution in [0.4, 0.5) is 11.5 Å². The molecule has 2 saturated heterocycles. The van der Waals surface area contributed by atoms with Gasteiger partial charge in [0.2, 0.25) is 0 Å². The number of anilines is 2. The van der Waals surface area contributed by atoms with Gasteiger partial charge in [-0.3, -0.25) is 9.80 Å². The van der Waals surface area contributed by atoms with E-state index >= 15 is 0 Å². The standard InChI is InChI=1S/C36H37Cl2N5O/c37-30-11-5-26(6-12-30)9-15-32-23-35(41-34(39-32)16-10-27-7-13-31(38)14-8-27)40-33-21-28(24-42-17-1-2-18-42)36(44)29(22-33)25-43-19-3-4-20-43/h5-16,21-23,44H,1-4,17-20,24-25H2,(H,39,40,41). The molecule has 3 aromatic carbocycles. The maximum Gasteiger partial charge on any atom is 0.154 e. The zero-order valence-electron chi connectivity index (χ0n) is 24.7. The lowest BCUT2D eigenvalue weighted by molar-refractivity contribution is 0.312. The Morgan fingerprint density at radius 2 is 1.16 bits per heavy atom. The van der Waals surface area contributed by atoms with E-state index in [2.05, 4.69) is 27.2 Å². The SMILES string of the molecule is Oc1c(CN2CCCC2)cc(Nc2cc(C=Cc3ccc(Cl)cc3)nc(C=Cc3ccc(Cl)cc3)n2)cc1CN1CCCC1. The van der Waals surface area contributed by atoms with Crippen LogP contribution >= 0.6 is 23.2 Å². The number of phenols is 1. The molecule has 2 N–H and O–H groups in total. The Hall–Kier alpha value is -3.68. The maximum absolute atomic E-state index is 11.3. The van der Waals surface area contributed by atoms with Crippen molar-refractivity contribution < 1.29 is 5.11 Å². The summed E-state index contributed by atoms with van der Waals surface area (Å²) in [5, 5.41) is 16.3. The lowest BCUT2D eigenvalue weighted by Crippen LogP contribution is -2.20. The van der Waals surface area contributed by atoms with Gasteiger partial charge in [-0.05, 0) is 112 Å². The van der Waals surface area contributed by atoms with E-state index in [1.165, 1.54) is 25.7 Å². The average molecular weight is 627 g/mol. The fraction of sp³-hybridized carbons (Fsp3) is 0.278. The van der Waals surface area contributed by atoms with Crippen LogP contribution in [-0.2, 0) is 13.1 Å². The largest absolute Gasteiger partial charge is 0.507 e. The highest BCUT2D eigenvalue weighted by Crippen LogP contribution is 2.32. The van der Waals surface area contributed by atoms with E-state index in [1.807, 2.05) is 78.9 Å². The normalized spacial score (nSPS) is 16.0. The van der Waals surface area contributed by atoms with Gasteiger partial charge in [-0.15, -0.1) is 0 Å². The first-order valence-corrected chi connectivity index (χ1v) is 16.1. The van der Waals surface area contributed by atoms with Gasteiger partial charge in [-0.25, -0.2) is 9.97 Å². The molecule has 0 spiro atoms. The number of hydrogen-bond acceptors (Lipinski definition) is 6. The topological polar surface area (TPSA) is 64.5 Å². The fourth-order valence-corrected chi connectivity index (χ4v) is 6.05. The molecule has 6 rings (SSSR count). The van der Waals surface area contributed by atoms with Crippen molar-refractivity contribution in [3.05, 3.63) is 111 Å². The summed E-state index contributed by atoms with van der Waals surface area (Å²) in [4.78, 5) is 14.5. The number of nitrogens with one attached hydrogen (secondary N) is 1. The Labute approximate surface area is 269 Å². The third-order valence-electron chi connectivity index (χ3n) is 8.10. The van der Waals surface area contributed by atoms with E-state index in [1.54, 1.807) is 0 Å². The van der Waals surface area contributed by atoms with E-state index in [4.69, 9.17) is 33.2 Å². The molecule has 1 aromatic heterocycles. The molecule has 3 heterocycles. The minimum atomic E-state index is 0.412. The van der Waals surface area contributed by atoms with Crippen molar-refractivity contribution in [1.29, 1.82) is 0 Å². The second kappa shape index (κ2) is 14.4. The molecular formula is C36H37Cl2N5O. The van der Waals surface area contributed by atoms with Crippen LogP contribution in [0.3, 0.4) is 0 Å². The number of hydrogen-bond donors (Lipinski definition) is 2. The van der Waals surface area contributed by atoms with E-state index < -0.39 is 0 Å². The van der Waals surface area contributed by atoms with Crippen molar-refractivity contribution in [3.8, 4) is 5.75 Å². The smallest absolute Gasteiger partial charge is 0.154 e. The lowest BCUT2D eigenvalue weighted by atomic mass is 10.1.